The van der Waals surface area contributed by atoms with Crippen molar-refractivity contribution in [3.05, 3.63) is 42.5 Å². The van der Waals surface area contributed by atoms with E-state index in [9.17, 15) is 4.79 Å². The number of ketones is 1. The summed E-state index contributed by atoms with van der Waals surface area (Å²) >= 11 is 0. The molecule has 5 heteroatoms. The van der Waals surface area contributed by atoms with E-state index < -0.39 is 16.6 Å². The molecule has 2 aliphatic carbocycles. The molecule has 35 heavy (non-hydrogen) atoms. The van der Waals surface area contributed by atoms with Crippen LogP contribution < -0.4 is 4.74 Å². The van der Waals surface area contributed by atoms with Gasteiger partial charge in [0.15, 0.2) is 5.79 Å². The van der Waals surface area contributed by atoms with Crippen molar-refractivity contribution in [3.8, 4) is 18.1 Å². The van der Waals surface area contributed by atoms with Gasteiger partial charge < -0.3 is 18.9 Å². The number of carbonyl (C=O) groups excluding carboxylic acids is 1. The summed E-state index contributed by atoms with van der Waals surface area (Å²) in [6.45, 7) is 12.4. The summed E-state index contributed by atoms with van der Waals surface area (Å²) in [5, 5.41) is 0. The molecular weight excluding hydrogens is 440 g/mol. The SMILES string of the molecule is C#C[C@@]12CC[C@@H](C)C(C)(C(=O)C[C@](C)(C=C)COCc3ccc(OC)cc3)C1C1(CC2)OCCO1. The Hall–Kier alpha value is -2.13. The Morgan fingerprint density at radius 2 is 1.94 bits per heavy atom. The van der Waals surface area contributed by atoms with Crippen LogP contribution in [0, 0.1) is 40.4 Å². The van der Waals surface area contributed by atoms with Crippen molar-refractivity contribution >= 4 is 5.78 Å². The molecule has 1 aromatic rings. The maximum atomic E-state index is 14.3. The molecule has 2 unspecified atom stereocenters. The lowest BCUT2D eigenvalue weighted by Crippen LogP contribution is -2.59. The molecule has 3 aliphatic rings. The molecule has 1 saturated heterocycles. The van der Waals surface area contributed by atoms with E-state index in [1.807, 2.05) is 37.3 Å². The Kier molecular flexibility index (Phi) is 7.21. The van der Waals surface area contributed by atoms with Crippen molar-refractivity contribution in [2.24, 2.45) is 28.1 Å². The second kappa shape index (κ2) is 9.73. The van der Waals surface area contributed by atoms with Crippen LogP contribution in [0.25, 0.3) is 0 Å². The van der Waals surface area contributed by atoms with Crippen LogP contribution >= 0.6 is 0 Å². The number of methoxy groups -OCH3 is 1. The Morgan fingerprint density at radius 1 is 1.26 bits per heavy atom. The molecule has 4 rings (SSSR count). The maximum Gasteiger partial charge on any atom is 0.173 e. The Labute approximate surface area is 210 Å². The first-order valence-corrected chi connectivity index (χ1v) is 12.8. The van der Waals surface area contributed by atoms with Crippen molar-refractivity contribution in [2.75, 3.05) is 26.9 Å². The average molecular weight is 481 g/mol. The molecular formula is C30H40O5. The fourth-order valence-corrected chi connectivity index (χ4v) is 6.77. The fraction of sp³-hybridized carbons (Fsp3) is 0.633. The summed E-state index contributed by atoms with van der Waals surface area (Å²) in [6, 6.07) is 7.81. The highest BCUT2D eigenvalue weighted by molar-refractivity contribution is 5.86. The van der Waals surface area contributed by atoms with E-state index in [4.69, 9.17) is 25.4 Å². The summed E-state index contributed by atoms with van der Waals surface area (Å²) in [5.41, 5.74) is -0.452. The number of carbonyl (C=O) groups is 1. The van der Waals surface area contributed by atoms with Crippen LogP contribution in [-0.4, -0.2) is 38.5 Å². The van der Waals surface area contributed by atoms with Crippen molar-refractivity contribution in [2.45, 2.75) is 65.3 Å². The molecule has 0 amide bonds. The van der Waals surface area contributed by atoms with Crippen LogP contribution in [0.5, 0.6) is 5.75 Å². The zero-order valence-corrected chi connectivity index (χ0v) is 21.7. The van der Waals surface area contributed by atoms with Crippen molar-refractivity contribution < 1.29 is 23.7 Å². The minimum absolute atomic E-state index is 0.152. The van der Waals surface area contributed by atoms with Crippen molar-refractivity contribution in [1.82, 2.24) is 0 Å². The normalized spacial score (nSPS) is 33.0. The minimum Gasteiger partial charge on any atom is -0.497 e. The fourth-order valence-electron chi connectivity index (χ4n) is 6.77. The van der Waals surface area contributed by atoms with Gasteiger partial charge in [0.1, 0.15) is 11.5 Å². The zero-order chi connectivity index (χ0) is 25.3. The molecule has 1 spiro atoms. The number of Topliss-reactive ketones (excluding diaryl/α,β-unsaturated/α-hetero) is 1. The molecule has 2 saturated carbocycles. The molecule has 0 N–H and O–H groups in total. The van der Waals surface area contributed by atoms with Gasteiger partial charge in [-0.25, -0.2) is 0 Å². The van der Waals surface area contributed by atoms with Crippen LogP contribution in [0.2, 0.25) is 0 Å². The van der Waals surface area contributed by atoms with Gasteiger partial charge in [-0.3, -0.25) is 4.79 Å². The van der Waals surface area contributed by atoms with Gasteiger partial charge in [-0.1, -0.05) is 44.9 Å². The first kappa shape index (κ1) is 25.9. The van der Waals surface area contributed by atoms with Gasteiger partial charge >= 0.3 is 0 Å². The first-order chi connectivity index (χ1) is 16.7. The number of hydrogen-bond donors (Lipinski definition) is 0. The summed E-state index contributed by atoms with van der Waals surface area (Å²) in [5.74, 6) is 3.42. The van der Waals surface area contributed by atoms with E-state index in [2.05, 4.69) is 26.3 Å². The highest BCUT2D eigenvalue weighted by atomic mass is 16.7. The van der Waals surface area contributed by atoms with Gasteiger partial charge in [0, 0.05) is 35.0 Å². The van der Waals surface area contributed by atoms with Crippen LogP contribution in [-0.2, 0) is 25.6 Å². The highest BCUT2D eigenvalue weighted by Gasteiger charge is 2.70. The molecule has 1 heterocycles. The lowest BCUT2D eigenvalue weighted by atomic mass is 9.49. The van der Waals surface area contributed by atoms with Gasteiger partial charge in [-0.15, -0.1) is 13.0 Å². The van der Waals surface area contributed by atoms with Gasteiger partial charge in [-0.2, -0.15) is 0 Å². The van der Waals surface area contributed by atoms with Crippen molar-refractivity contribution in [3.63, 3.8) is 0 Å². The number of hydrogen-bond acceptors (Lipinski definition) is 5. The molecule has 0 aromatic heterocycles. The number of terminal acetylenes is 1. The standard InChI is InChI=1S/C30H40O5/c1-7-27(4,21-33-20-23-9-11-24(32-6)12-10-23)19-25(31)28(5)22(3)13-14-29(8-2)15-16-30(26(28)29)34-17-18-35-30/h2,7,9-12,22,26H,1,13-21H2,3-6H3/t22-,26?,27+,28?,29+/m1/s1. The van der Waals surface area contributed by atoms with Gasteiger partial charge in [0.2, 0.25) is 0 Å². The second-order valence-corrected chi connectivity index (χ2v) is 11.3. The van der Waals surface area contributed by atoms with Crippen LogP contribution in [0.15, 0.2) is 36.9 Å². The third kappa shape index (κ3) is 4.46. The van der Waals surface area contributed by atoms with Crippen LogP contribution in [0.4, 0.5) is 0 Å². The minimum atomic E-state index is -0.749. The largest absolute Gasteiger partial charge is 0.497 e. The molecule has 1 aliphatic heterocycles. The summed E-state index contributed by atoms with van der Waals surface area (Å²) < 4.78 is 23.8. The molecule has 1 aromatic carbocycles. The second-order valence-electron chi connectivity index (χ2n) is 11.3. The predicted molar refractivity (Wildman–Crippen MR) is 136 cm³/mol. The third-order valence-electron chi connectivity index (χ3n) is 9.14. The molecule has 0 bridgehead atoms. The third-order valence-corrected chi connectivity index (χ3v) is 9.14. The molecule has 5 atom stereocenters. The Balaban J connectivity index is 1.52. The summed E-state index contributed by atoms with van der Waals surface area (Å²) in [6.07, 6.45) is 11.8. The van der Waals surface area contributed by atoms with E-state index in [-0.39, 0.29) is 23.0 Å². The topological polar surface area (TPSA) is 54.0 Å². The first-order valence-electron chi connectivity index (χ1n) is 12.8. The Bertz CT molecular complexity index is 971. The zero-order valence-electron chi connectivity index (χ0n) is 21.7. The smallest absolute Gasteiger partial charge is 0.173 e. The van der Waals surface area contributed by atoms with Gasteiger partial charge in [0.25, 0.3) is 0 Å². The van der Waals surface area contributed by atoms with E-state index in [0.29, 0.717) is 32.8 Å². The monoisotopic (exact) mass is 480 g/mol. The van der Waals surface area contributed by atoms with Gasteiger partial charge in [-0.05, 0) is 42.9 Å². The highest BCUT2D eigenvalue weighted by Crippen LogP contribution is 2.67. The number of benzene rings is 1. The molecule has 190 valence electrons. The van der Waals surface area contributed by atoms with Crippen LogP contribution in [0.3, 0.4) is 0 Å². The average Bonchev–Trinajstić information content (AvgIpc) is 3.48. The lowest BCUT2D eigenvalue weighted by Gasteiger charge is -2.54. The van der Waals surface area contributed by atoms with Crippen molar-refractivity contribution in [1.29, 1.82) is 0 Å². The Morgan fingerprint density at radius 3 is 2.54 bits per heavy atom. The van der Waals surface area contributed by atoms with E-state index in [0.717, 1.165) is 37.0 Å². The number of rotatable bonds is 9. The number of ether oxygens (including phenoxy) is 4. The maximum absolute atomic E-state index is 14.3. The van der Waals surface area contributed by atoms with E-state index in [1.165, 1.54) is 0 Å². The van der Waals surface area contributed by atoms with Crippen LogP contribution in [0.1, 0.15) is 58.4 Å². The molecule has 3 fully saturated rings. The predicted octanol–water partition coefficient (Wildman–Crippen LogP) is 5.57. The van der Waals surface area contributed by atoms with E-state index >= 15 is 0 Å². The summed E-state index contributed by atoms with van der Waals surface area (Å²) in [4.78, 5) is 14.3. The quantitative estimate of drug-likeness (QED) is 0.342. The molecule has 0 radical (unpaired) electrons. The van der Waals surface area contributed by atoms with Gasteiger partial charge in [0.05, 0.1) is 33.5 Å². The summed E-state index contributed by atoms with van der Waals surface area (Å²) in [7, 11) is 1.65. The number of fused-ring (bicyclic) bond motifs is 2. The lowest BCUT2D eigenvalue weighted by molar-refractivity contribution is -0.232. The molecule has 5 nitrogen and oxygen atoms in total. The van der Waals surface area contributed by atoms with E-state index in [1.54, 1.807) is 7.11 Å².